The van der Waals surface area contributed by atoms with Gasteiger partial charge in [-0.3, -0.25) is 4.79 Å². The summed E-state index contributed by atoms with van der Waals surface area (Å²) in [4.78, 5) is 11.8. The lowest BCUT2D eigenvalue weighted by Crippen LogP contribution is -2.21. The molecule has 0 fully saturated rings. The number of ketones is 1. The van der Waals surface area contributed by atoms with Crippen LogP contribution in [0.4, 0.5) is 4.39 Å². The number of Topliss-reactive ketones (excluding diaryl/α,β-unsaturated/α-hetero) is 1. The van der Waals surface area contributed by atoms with Crippen molar-refractivity contribution in [1.29, 1.82) is 0 Å². The molecule has 0 heterocycles. The third kappa shape index (κ3) is 2.90. The fraction of sp³-hybridized carbons (Fsp3) is 0.688. The topological polar surface area (TPSA) is 17.1 Å². The van der Waals surface area contributed by atoms with Crippen LogP contribution in [0.15, 0.2) is 23.3 Å². The maximum atomic E-state index is 13.1. The summed E-state index contributed by atoms with van der Waals surface area (Å²) in [5.41, 5.74) is 2.45. The molecule has 2 aliphatic carbocycles. The molecular weight excluding hydrogens is 227 g/mol. The van der Waals surface area contributed by atoms with E-state index >= 15 is 0 Å². The summed E-state index contributed by atoms with van der Waals surface area (Å²) in [7, 11) is 0. The van der Waals surface area contributed by atoms with Crippen LogP contribution in [0, 0.1) is 11.8 Å². The van der Waals surface area contributed by atoms with Crippen molar-refractivity contribution >= 4 is 5.78 Å². The Morgan fingerprint density at radius 1 is 1.39 bits per heavy atom. The number of halogens is 1. The van der Waals surface area contributed by atoms with Crippen molar-refractivity contribution in [1.82, 2.24) is 0 Å². The van der Waals surface area contributed by atoms with E-state index in [0.717, 1.165) is 24.8 Å². The van der Waals surface area contributed by atoms with Gasteiger partial charge >= 0.3 is 0 Å². The molecule has 0 aromatic rings. The van der Waals surface area contributed by atoms with Gasteiger partial charge in [0.2, 0.25) is 0 Å². The summed E-state index contributed by atoms with van der Waals surface area (Å²) in [5.74, 6) is 1.20. The number of carbonyl (C=O) groups excluding carboxylic acids is 1. The second-order valence-electron chi connectivity index (χ2n) is 5.66. The van der Waals surface area contributed by atoms with Crippen LogP contribution in [0.1, 0.15) is 52.4 Å². The van der Waals surface area contributed by atoms with Gasteiger partial charge in [-0.2, -0.15) is 0 Å². The molecule has 1 nitrogen and oxygen atoms in total. The SMILES string of the molecule is CCC(=O)C1=CC[C@H](C2=CC[C@H](F)CC2)C[C@@H]1C. The van der Waals surface area contributed by atoms with E-state index in [-0.39, 0.29) is 0 Å². The molecule has 3 atom stereocenters. The molecule has 18 heavy (non-hydrogen) atoms. The van der Waals surface area contributed by atoms with Gasteiger partial charge in [0, 0.05) is 6.42 Å². The number of hydrogen-bond acceptors (Lipinski definition) is 1. The molecule has 0 aromatic heterocycles. The first kappa shape index (κ1) is 13.5. The minimum Gasteiger partial charge on any atom is -0.295 e. The molecule has 0 saturated carbocycles. The Bertz CT molecular complexity index is 381. The maximum absolute atomic E-state index is 13.1. The van der Waals surface area contributed by atoms with Gasteiger partial charge in [0.15, 0.2) is 5.78 Å². The Labute approximate surface area is 109 Å². The van der Waals surface area contributed by atoms with E-state index in [0.29, 0.717) is 36.9 Å². The Kier molecular flexibility index (Phi) is 4.36. The van der Waals surface area contributed by atoms with Gasteiger partial charge in [-0.15, -0.1) is 0 Å². The summed E-state index contributed by atoms with van der Waals surface area (Å²) in [6.07, 6.45) is 8.40. The monoisotopic (exact) mass is 250 g/mol. The highest BCUT2D eigenvalue weighted by Gasteiger charge is 2.27. The van der Waals surface area contributed by atoms with Crippen LogP contribution in [-0.4, -0.2) is 12.0 Å². The van der Waals surface area contributed by atoms with E-state index in [1.807, 2.05) is 6.92 Å². The molecular formula is C16H23FO. The molecule has 0 radical (unpaired) electrons. The molecule has 2 aliphatic rings. The Balaban J connectivity index is 2.03. The minimum atomic E-state index is -0.637. The largest absolute Gasteiger partial charge is 0.295 e. The van der Waals surface area contributed by atoms with E-state index in [1.165, 1.54) is 5.57 Å². The zero-order valence-corrected chi connectivity index (χ0v) is 11.4. The normalized spacial score (nSPS) is 32.7. The van der Waals surface area contributed by atoms with Gasteiger partial charge in [0.25, 0.3) is 0 Å². The Morgan fingerprint density at radius 3 is 2.72 bits per heavy atom. The quantitative estimate of drug-likeness (QED) is 0.679. The lowest BCUT2D eigenvalue weighted by molar-refractivity contribution is -0.115. The first-order valence-corrected chi connectivity index (χ1v) is 7.18. The summed E-state index contributed by atoms with van der Waals surface area (Å²) in [5, 5.41) is 0. The van der Waals surface area contributed by atoms with Crippen LogP contribution in [0.3, 0.4) is 0 Å². The molecule has 0 aromatic carbocycles. The first-order chi connectivity index (χ1) is 8.61. The summed E-state index contributed by atoms with van der Waals surface area (Å²) in [6, 6.07) is 0. The highest BCUT2D eigenvalue weighted by Crippen LogP contribution is 2.37. The number of allylic oxidation sites excluding steroid dienone is 4. The summed E-state index contributed by atoms with van der Waals surface area (Å²) in [6.45, 7) is 4.07. The van der Waals surface area contributed by atoms with E-state index in [1.54, 1.807) is 0 Å². The van der Waals surface area contributed by atoms with E-state index in [9.17, 15) is 9.18 Å². The molecule has 0 spiro atoms. The number of carbonyl (C=O) groups is 1. The fourth-order valence-electron chi connectivity index (χ4n) is 3.21. The zero-order chi connectivity index (χ0) is 13.1. The van der Waals surface area contributed by atoms with Crippen molar-refractivity contribution in [2.45, 2.75) is 58.5 Å². The van der Waals surface area contributed by atoms with Gasteiger partial charge in [-0.25, -0.2) is 4.39 Å². The second kappa shape index (κ2) is 5.81. The van der Waals surface area contributed by atoms with E-state index in [4.69, 9.17) is 0 Å². The predicted octanol–water partition coefficient (Wildman–Crippen LogP) is 4.39. The first-order valence-electron chi connectivity index (χ1n) is 7.18. The molecule has 100 valence electrons. The van der Waals surface area contributed by atoms with Crippen molar-refractivity contribution in [3.05, 3.63) is 23.3 Å². The molecule has 2 heteroatoms. The van der Waals surface area contributed by atoms with Crippen LogP contribution < -0.4 is 0 Å². The van der Waals surface area contributed by atoms with Gasteiger partial charge in [0.05, 0.1) is 0 Å². The van der Waals surface area contributed by atoms with Crippen LogP contribution in [0.2, 0.25) is 0 Å². The van der Waals surface area contributed by atoms with Crippen molar-refractivity contribution in [2.24, 2.45) is 11.8 Å². The maximum Gasteiger partial charge on any atom is 0.158 e. The van der Waals surface area contributed by atoms with Gasteiger partial charge in [0.1, 0.15) is 6.17 Å². The lowest BCUT2D eigenvalue weighted by atomic mass is 9.74. The van der Waals surface area contributed by atoms with Crippen molar-refractivity contribution in [3.8, 4) is 0 Å². The minimum absolute atomic E-state index is 0.294. The Hall–Kier alpha value is -0.920. The highest BCUT2D eigenvalue weighted by molar-refractivity contribution is 5.95. The number of alkyl halides is 1. The van der Waals surface area contributed by atoms with Crippen LogP contribution in [0.25, 0.3) is 0 Å². The van der Waals surface area contributed by atoms with Crippen LogP contribution in [-0.2, 0) is 4.79 Å². The fourth-order valence-corrected chi connectivity index (χ4v) is 3.21. The van der Waals surface area contributed by atoms with Crippen molar-refractivity contribution < 1.29 is 9.18 Å². The molecule has 0 N–H and O–H groups in total. The molecule has 0 saturated heterocycles. The van der Waals surface area contributed by atoms with Crippen LogP contribution >= 0.6 is 0 Å². The smallest absolute Gasteiger partial charge is 0.158 e. The van der Waals surface area contributed by atoms with E-state index < -0.39 is 6.17 Å². The van der Waals surface area contributed by atoms with Crippen molar-refractivity contribution in [3.63, 3.8) is 0 Å². The summed E-state index contributed by atoms with van der Waals surface area (Å²) < 4.78 is 13.1. The average molecular weight is 250 g/mol. The zero-order valence-electron chi connectivity index (χ0n) is 11.4. The van der Waals surface area contributed by atoms with Gasteiger partial charge in [-0.05, 0) is 49.5 Å². The second-order valence-corrected chi connectivity index (χ2v) is 5.66. The predicted molar refractivity (Wildman–Crippen MR) is 72.1 cm³/mol. The van der Waals surface area contributed by atoms with Gasteiger partial charge < -0.3 is 0 Å². The van der Waals surface area contributed by atoms with E-state index in [2.05, 4.69) is 19.1 Å². The van der Waals surface area contributed by atoms with Crippen molar-refractivity contribution in [2.75, 3.05) is 0 Å². The molecule has 0 aliphatic heterocycles. The Morgan fingerprint density at radius 2 is 2.17 bits per heavy atom. The summed E-state index contributed by atoms with van der Waals surface area (Å²) >= 11 is 0. The van der Waals surface area contributed by atoms with Crippen LogP contribution in [0.5, 0.6) is 0 Å². The third-order valence-electron chi connectivity index (χ3n) is 4.34. The third-order valence-corrected chi connectivity index (χ3v) is 4.34. The molecule has 0 bridgehead atoms. The molecule has 2 rings (SSSR count). The number of rotatable bonds is 3. The standard InChI is InChI=1S/C16H23FO/c1-3-16(18)15-9-6-13(10-11(15)2)12-4-7-14(17)8-5-12/h4,9,11,13-14H,3,5-8,10H2,1-2H3/t11-,13-,14-/m0/s1. The average Bonchev–Trinajstić information content (AvgIpc) is 2.38. The van der Waals surface area contributed by atoms with Gasteiger partial charge in [-0.1, -0.05) is 31.6 Å². The highest BCUT2D eigenvalue weighted by atomic mass is 19.1. The lowest BCUT2D eigenvalue weighted by Gasteiger charge is -2.30. The molecule has 0 unspecified atom stereocenters. The number of hydrogen-bond donors (Lipinski definition) is 0. The molecule has 0 amide bonds.